The lowest BCUT2D eigenvalue weighted by Gasteiger charge is -2.26. The fraction of sp³-hybridized carbons (Fsp3) is 0.435. The Morgan fingerprint density at radius 3 is 2.00 bits per heavy atom. The molecule has 0 aromatic heterocycles. The molecule has 0 spiro atoms. The third kappa shape index (κ3) is 5.62. The Kier molecular flexibility index (Phi) is 6.88. The summed E-state index contributed by atoms with van der Waals surface area (Å²) in [6.07, 6.45) is -7.14. The van der Waals surface area contributed by atoms with Gasteiger partial charge in [0, 0.05) is 23.6 Å². The van der Waals surface area contributed by atoms with E-state index >= 15 is 0 Å². The molecule has 0 bridgehead atoms. The molecule has 3 N–H and O–H groups in total. The minimum Gasteiger partial charge on any atom is -0.328 e. The van der Waals surface area contributed by atoms with Gasteiger partial charge < -0.3 is 11.1 Å². The SMILES string of the molecule is CC(c1cc(C(F)(F)F)cc(C(F)(F)F)c1)c1ccccc1NC(=O)C1CCC(N)CC1. The number of alkyl halides is 6. The summed E-state index contributed by atoms with van der Waals surface area (Å²) >= 11 is 0. The summed E-state index contributed by atoms with van der Waals surface area (Å²) in [5, 5.41) is 2.81. The predicted molar refractivity (Wildman–Crippen MR) is 109 cm³/mol. The molecule has 32 heavy (non-hydrogen) atoms. The Morgan fingerprint density at radius 1 is 0.938 bits per heavy atom. The van der Waals surface area contributed by atoms with Crippen molar-refractivity contribution in [2.75, 3.05) is 5.32 Å². The van der Waals surface area contributed by atoms with Gasteiger partial charge in [-0.05, 0) is 61.1 Å². The van der Waals surface area contributed by atoms with Crippen LogP contribution in [0.2, 0.25) is 0 Å². The van der Waals surface area contributed by atoms with Crippen molar-refractivity contribution in [2.45, 2.75) is 56.9 Å². The van der Waals surface area contributed by atoms with E-state index in [1.54, 1.807) is 24.3 Å². The van der Waals surface area contributed by atoms with Crippen molar-refractivity contribution in [1.29, 1.82) is 0 Å². The maximum absolute atomic E-state index is 13.3. The van der Waals surface area contributed by atoms with Crippen molar-refractivity contribution in [3.8, 4) is 0 Å². The zero-order chi connectivity index (χ0) is 23.7. The van der Waals surface area contributed by atoms with Gasteiger partial charge in [-0.15, -0.1) is 0 Å². The molecule has 2 aromatic rings. The molecule has 3 nitrogen and oxygen atoms in total. The lowest BCUT2D eigenvalue weighted by Crippen LogP contribution is -2.32. The predicted octanol–water partition coefficient (Wildman–Crippen LogP) is 6.33. The number of hydrogen-bond donors (Lipinski definition) is 2. The van der Waals surface area contributed by atoms with Gasteiger partial charge in [-0.25, -0.2) is 0 Å². The minimum absolute atomic E-state index is 0.0649. The van der Waals surface area contributed by atoms with Crippen LogP contribution in [0.25, 0.3) is 0 Å². The largest absolute Gasteiger partial charge is 0.416 e. The van der Waals surface area contributed by atoms with E-state index in [1.807, 2.05) is 0 Å². The average Bonchev–Trinajstić information content (AvgIpc) is 2.72. The van der Waals surface area contributed by atoms with Gasteiger partial charge in [-0.3, -0.25) is 4.79 Å². The van der Waals surface area contributed by atoms with Crippen LogP contribution in [0.4, 0.5) is 32.0 Å². The number of hydrogen-bond acceptors (Lipinski definition) is 2. The third-order valence-corrected chi connectivity index (χ3v) is 5.94. The van der Waals surface area contributed by atoms with Crippen molar-refractivity contribution in [3.05, 3.63) is 64.7 Å². The van der Waals surface area contributed by atoms with Gasteiger partial charge in [0.05, 0.1) is 11.1 Å². The van der Waals surface area contributed by atoms with Gasteiger partial charge in [-0.2, -0.15) is 26.3 Å². The van der Waals surface area contributed by atoms with E-state index in [1.165, 1.54) is 6.92 Å². The van der Waals surface area contributed by atoms with E-state index in [4.69, 9.17) is 5.73 Å². The van der Waals surface area contributed by atoms with Crippen molar-refractivity contribution in [3.63, 3.8) is 0 Å². The molecule has 1 saturated carbocycles. The molecule has 0 heterocycles. The van der Waals surface area contributed by atoms with E-state index in [9.17, 15) is 31.1 Å². The Morgan fingerprint density at radius 2 is 1.47 bits per heavy atom. The van der Waals surface area contributed by atoms with Crippen molar-refractivity contribution in [2.24, 2.45) is 11.7 Å². The first kappa shape index (κ1) is 24.1. The molecule has 1 fully saturated rings. The van der Waals surface area contributed by atoms with E-state index < -0.39 is 29.4 Å². The van der Waals surface area contributed by atoms with Crippen LogP contribution in [-0.2, 0) is 17.1 Å². The number of carbonyl (C=O) groups is 1. The molecule has 1 aliphatic carbocycles. The lowest BCUT2D eigenvalue weighted by atomic mass is 9.85. The van der Waals surface area contributed by atoms with Crippen molar-refractivity contribution < 1.29 is 31.1 Å². The molecule has 9 heteroatoms. The standard InChI is InChI=1S/C23H24F6N2O/c1-13(15-10-16(22(24,25)26)12-17(11-15)23(27,28)29)19-4-2-3-5-20(19)31-21(32)14-6-8-18(30)9-7-14/h2-5,10-14,18H,6-9,30H2,1H3,(H,31,32). The van der Waals surface area contributed by atoms with Crippen LogP contribution in [0.3, 0.4) is 0 Å². The number of rotatable bonds is 4. The first-order valence-corrected chi connectivity index (χ1v) is 10.3. The number of nitrogens with two attached hydrogens (primary N) is 1. The molecule has 1 atom stereocenters. The summed E-state index contributed by atoms with van der Waals surface area (Å²) in [5.41, 5.74) is 3.80. The molecule has 0 radical (unpaired) electrons. The van der Waals surface area contributed by atoms with Crippen LogP contribution in [0.5, 0.6) is 0 Å². The van der Waals surface area contributed by atoms with Gasteiger partial charge in [0.2, 0.25) is 5.91 Å². The van der Waals surface area contributed by atoms with Crippen LogP contribution in [0, 0.1) is 5.92 Å². The van der Waals surface area contributed by atoms with E-state index in [2.05, 4.69) is 5.32 Å². The lowest BCUT2D eigenvalue weighted by molar-refractivity contribution is -0.143. The Bertz CT molecular complexity index is 929. The Labute approximate surface area is 182 Å². The number of nitrogens with one attached hydrogen (secondary N) is 1. The fourth-order valence-corrected chi connectivity index (χ4v) is 4.01. The zero-order valence-corrected chi connectivity index (χ0v) is 17.4. The minimum atomic E-state index is -4.93. The molecule has 0 aliphatic heterocycles. The van der Waals surface area contributed by atoms with Crippen molar-refractivity contribution in [1.82, 2.24) is 0 Å². The average molecular weight is 458 g/mol. The fourth-order valence-electron chi connectivity index (χ4n) is 4.01. The number of anilines is 1. The number of para-hydroxylation sites is 1. The van der Waals surface area contributed by atoms with E-state index in [0.717, 1.165) is 25.0 Å². The van der Waals surface area contributed by atoms with Crippen molar-refractivity contribution >= 4 is 11.6 Å². The Balaban J connectivity index is 1.93. The van der Waals surface area contributed by atoms with Gasteiger partial charge >= 0.3 is 12.4 Å². The van der Waals surface area contributed by atoms with Crippen LogP contribution >= 0.6 is 0 Å². The maximum Gasteiger partial charge on any atom is 0.416 e. The summed E-state index contributed by atoms with van der Waals surface area (Å²) in [7, 11) is 0. The third-order valence-electron chi connectivity index (χ3n) is 5.94. The smallest absolute Gasteiger partial charge is 0.328 e. The normalized spacial score (nSPS) is 20.6. The van der Waals surface area contributed by atoms with Gasteiger partial charge in [0.15, 0.2) is 0 Å². The van der Waals surface area contributed by atoms with Crippen LogP contribution < -0.4 is 11.1 Å². The van der Waals surface area contributed by atoms with Gasteiger partial charge in [0.25, 0.3) is 0 Å². The summed E-state index contributed by atoms with van der Waals surface area (Å²) in [5.74, 6) is -1.28. The highest BCUT2D eigenvalue weighted by atomic mass is 19.4. The van der Waals surface area contributed by atoms with E-state index in [-0.39, 0.29) is 29.5 Å². The number of benzene rings is 2. The van der Waals surface area contributed by atoms with Crippen LogP contribution in [-0.4, -0.2) is 11.9 Å². The summed E-state index contributed by atoms with van der Waals surface area (Å²) < 4.78 is 79.5. The molecular weight excluding hydrogens is 434 g/mol. The number of halogens is 6. The maximum atomic E-state index is 13.3. The second-order valence-corrected chi connectivity index (χ2v) is 8.25. The first-order chi connectivity index (χ1) is 14.9. The molecular formula is C23H24F6N2O. The van der Waals surface area contributed by atoms with Crippen LogP contribution in [0.1, 0.15) is 60.8 Å². The topological polar surface area (TPSA) is 55.1 Å². The Hall–Kier alpha value is -2.55. The highest BCUT2D eigenvalue weighted by Gasteiger charge is 2.37. The summed E-state index contributed by atoms with van der Waals surface area (Å²) in [4.78, 5) is 12.7. The number of amides is 1. The molecule has 174 valence electrons. The monoisotopic (exact) mass is 458 g/mol. The summed E-state index contributed by atoms with van der Waals surface area (Å²) in [6.45, 7) is 1.51. The molecule has 3 rings (SSSR count). The molecule has 2 aromatic carbocycles. The highest BCUT2D eigenvalue weighted by molar-refractivity contribution is 5.93. The zero-order valence-electron chi connectivity index (χ0n) is 17.4. The second-order valence-electron chi connectivity index (χ2n) is 8.25. The van der Waals surface area contributed by atoms with Gasteiger partial charge in [-0.1, -0.05) is 25.1 Å². The highest BCUT2D eigenvalue weighted by Crippen LogP contribution is 2.40. The molecule has 1 amide bonds. The molecule has 0 saturated heterocycles. The second kappa shape index (κ2) is 9.13. The number of carbonyl (C=O) groups excluding carboxylic acids is 1. The molecule has 1 unspecified atom stereocenters. The molecule has 1 aliphatic rings. The van der Waals surface area contributed by atoms with Crippen LogP contribution in [0.15, 0.2) is 42.5 Å². The quantitative estimate of drug-likeness (QED) is 0.526. The summed E-state index contributed by atoms with van der Waals surface area (Å²) in [6, 6.07) is 8.08. The van der Waals surface area contributed by atoms with Gasteiger partial charge in [0.1, 0.15) is 0 Å². The first-order valence-electron chi connectivity index (χ1n) is 10.3. The van der Waals surface area contributed by atoms with E-state index in [0.29, 0.717) is 24.1 Å².